The Balaban J connectivity index is 1.77. The number of rotatable bonds is 3. The minimum absolute atomic E-state index is 0.0113. The molecule has 1 atom stereocenters. The zero-order valence-corrected chi connectivity index (χ0v) is 15.3. The van der Waals surface area contributed by atoms with E-state index in [0.717, 1.165) is 12.1 Å². The first kappa shape index (κ1) is 20.4. The molecule has 0 radical (unpaired) electrons. The third-order valence-corrected chi connectivity index (χ3v) is 5.34. The van der Waals surface area contributed by atoms with Crippen LogP contribution in [0.5, 0.6) is 0 Å². The van der Waals surface area contributed by atoms with Crippen LogP contribution in [0.25, 0.3) is 0 Å². The molecule has 1 amide bonds. The quantitative estimate of drug-likeness (QED) is 0.845. The van der Waals surface area contributed by atoms with Gasteiger partial charge in [-0.3, -0.25) is 4.79 Å². The van der Waals surface area contributed by atoms with Gasteiger partial charge >= 0.3 is 6.18 Å². The van der Waals surface area contributed by atoms with Crippen molar-refractivity contribution in [3.8, 4) is 6.07 Å². The Morgan fingerprint density at radius 2 is 2.00 bits per heavy atom. The second-order valence-corrected chi connectivity index (χ2v) is 7.04. The second kappa shape index (κ2) is 8.37. The van der Waals surface area contributed by atoms with Gasteiger partial charge in [-0.2, -0.15) is 18.4 Å². The maximum absolute atomic E-state index is 13.3. The molecule has 0 spiro atoms. The number of aliphatic hydroxyl groups excluding tert-OH is 1. The van der Waals surface area contributed by atoms with E-state index >= 15 is 0 Å². The van der Waals surface area contributed by atoms with Crippen molar-refractivity contribution < 1.29 is 27.8 Å². The predicted molar refractivity (Wildman–Crippen MR) is 94.5 cm³/mol. The Labute approximate surface area is 161 Å². The molecule has 1 aromatic carbocycles. The maximum Gasteiger partial charge on any atom is 0.417 e. The minimum atomic E-state index is -4.64. The zero-order chi connectivity index (χ0) is 20.3. The Kier molecular flexibility index (Phi) is 6.10. The number of carbonyl (C=O) groups excluding carboxylic acids is 1. The van der Waals surface area contributed by atoms with E-state index in [-0.39, 0.29) is 30.7 Å². The van der Waals surface area contributed by atoms with Crippen molar-refractivity contribution in [2.75, 3.05) is 44.4 Å². The number of carbonyl (C=O) groups is 1. The summed E-state index contributed by atoms with van der Waals surface area (Å²) in [7, 11) is 0. The molecule has 0 aromatic heterocycles. The van der Waals surface area contributed by atoms with Crippen molar-refractivity contribution in [2.45, 2.75) is 25.1 Å². The van der Waals surface area contributed by atoms with Crippen molar-refractivity contribution in [1.82, 2.24) is 4.90 Å². The summed E-state index contributed by atoms with van der Waals surface area (Å²) < 4.78 is 45.0. The average molecular weight is 397 g/mol. The molecule has 2 aliphatic heterocycles. The number of benzene rings is 1. The summed E-state index contributed by atoms with van der Waals surface area (Å²) in [4.78, 5) is 16.1. The fraction of sp³-hybridized carbons (Fsp3) is 0.579. The molecule has 2 saturated heterocycles. The van der Waals surface area contributed by atoms with Gasteiger partial charge in [0.25, 0.3) is 0 Å². The molecule has 1 N–H and O–H groups in total. The number of aliphatic hydroxyl groups is 1. The highest BCUT2D eigenvalue weighted by molar-refractivity contribution is 5.79. The normalized spacial score (nSPS) is 21.5. The molecule has 0 aliphatic carbocycles. The highest BCUT2D eigenvalue weighted by Crippen LogP contribution is 2.35. The number of hydrogen-bond donors (Lipinski definition) is 1. The van der Waals surface area contributed by atoms with Crippen LogP contribution in [0.3, 0.4) is 0 Å². The highest BCUT2D eigenvalue weighted by Gasteiger charge is 2.36. The van der Waals surface area contributed by atoms with Crippen molar-refractivity contribution in [3.05, 3.63) is 29.3 Å². The van der Waals surface area contributed by atoms with E-state index in [0.29, 0.717) is 39.1 Å². The van der Waals surface area contributed by atoms with Crippen molar-refractivity contribution in [2.24, 2.45) is 5.92 Å². The van der Waals surface area contributed by atoms with Crippen LogP contribution in [0.15, 0.2) is 18.2 Å². The largest absolute Gasteiger partial charge is 0.417 e. The molecule has 9 heteroatoms. The number of nitrogens with zero attached hydrogens (tertiary/aromatic N) is 3. The standard InChI is InChI=1S/C19H22F3N3O3/c20-19(21,22)17-9-15(2-1-14(17)10-23)25-6-5-24(11-16(25)12-26)18(27)13-3-7-28-8-4-13/h1-2,9,13,16,26H,3-8,11-12H2. The molecule has 2 heterocycles. The van der Waals surface area contributed by atoms with Gasteiger partial charge in [0.15, 0.2) is 0 Å². The van der Waals surface area contributed by atoms with Gasteiger partial charge in [-0.25, -0.2) is 0 Å². The molecule has 6 nitrogen and oxygen atoms in total. The lowest BCUT2D eigenvalue weighted by atomic mass is 9.97. The molecule has 1 unspecified atom stereocenters. The first-order valence-corrected chi connectivity index (χ1v) is 9.20. The fourth-order valence-electron chi connectivity index (χ4n) is 3.80. The molecule has 1 aromatic rings. The number of amides is 1. The van der Waals surface area contributed by atoms with Gasteiger partial charge < -0.3 is 19.6 Å². The van der Waals surface area contributed by atoms with Crippen LogP contribution in [0.2, 0.25) is 0 Å². The summed E-state index contributed by atoms with van der Waals surface area (Å²) in [5.41, 5.74) is -1.15. The molecule has 2 fully saturated rings. The lowest BCUT2D eigenvalue weighted by Gasteiger charge is -2.43. The van der Waals surface area contributed by atoms with Crippen LogP contribution in [0.4, 0.5) is 18.9 Å². The Hall–Kier alpha value is -2.31. The first-order valence-electron chi connectivity index (χ1n) is 9.20. The SMILES string of the molecule is N#Cc1ccc(N2CCN(C(=O)C3CCOCC3)CC2CO)cc1C(F)(F)F. The summed E-state index contributed by atoms with van der Waals surface area (Å²) in [5.74, 6) is -0.0939. The zero-order valence-electron chi connectivity index (χ0n) is 15.3. The maximum atomic E-state index is 13.3. The van der Waals surface area contributed by atoms with E-state index in [2.05, 4.69) is 0 Å². The van der Waals surface area contributed by atoms with Gasteiger partial charge in [0, 0.05) is 44.5 Å². The molecule has 28 heavy (non-hydrogen) atoms. The lowest BCUT2D eigenvalue weighted by molar-refractivity contribution is -0.139. The number of ether oxygens (including phenoxy) is 1. The number of alkyl halides is 3. The fourth-order valence-corrected chi connectivity index (χ4v) is 3.80. The number of hydrogen-bond acceptors (Lipinski definition) is 5. The minimum Gasteiger partial charge on any atom is -0.394 e. The number of piperazine rings is 1. The van der Waals surface area contributed by atoms with Crippen LogP contribution in [0, 0.1) is 17.2 Å². The molecule has 152 valence electrons. The Morgan fingerprint density at radius 3 is 2.61 bits per heavy atom. The van der Waals surface area contributed by atoms with E-state index in [1.165, 1.54) is 6.07 Å². The summed E-state index contributed by atoms with van der Waals surface area (Å²) in [6.07, 6.45) is -3.32. The van der Waals surface area contributed by atoms with Crippen molar-refractivity contribution in [3.63, 3.8) is 0 Å². The van der Waals surface area contributed by atoms with E-state index in [9.17, 15) is 23.1 Å². The molecule has 0 bridgehead atoms. The second-order valence-electron chi connectivity index (χ2n) is 7.04. The van der Waals surface area contributed by atoms with Crippen LogP contribution in [-0.2, 0) is 15.7 Å². The summed E-state index contributed by atoms with van der Waals surface area (Å²) >= 11 is 0. The molecular formula is C19H22F3N3O3. The van der Waals surface area contributed by atoms with E-state index in [1.54, 1.807) is 15.9 Å². The monoisotopic (exact) mass is 397 g/mol. The summed E-state index contributed by atoms with van der Waals surface area (Å²) in [5, 5.41) is 18.7. The highest BCUT2D eigenvalue weighted by atomic mass is 19.4. The smallest absolute Gasteiger partial charge is 0.394 e. The topological polar surface area (TPSA) is 76.8 Å². The molecular weight excluding hydrogens is 375 g/mol. The summed E-state index contributed by atoms with van der Waals surface area (Å²) in [6, 6.07) is 4.59. The molecule has 0 saturated carbocycles. The Bertz CT molecular complexity index is 757. The predicted octanol–water partition coefficient (Wildman–Crippen LogP) is 2.01. The van der Waals surface area contributed by atoms with Crippen LogP contribution >= 0.6 is 0 Å². The average Bonchev–Trinajstić information content (AvgIpc) is 2.72. The van der Waals surface area contributed by atoms with Gasteiger partial charge in [0.1, 0.15) is 0 Å². The molecule has 3 rings (SSSR count). The van der Waals surface area contributed by atoms with Gasteiger partial charge in [-0.15, -0.1) is 0 Å². The third-order valence-electron chi connectivity index (χ3n) is 5.34. The van der Waals surface area contributed by atoms with Gasteiger partial charge in [0.2, 0.25) is 5.91 Å². The number of halogens is 3. The van der Waals surface area contributed by atoms with Crippen molar-refractivity contribution >= 4 is 11.6 Å². The van der Waals surface area contributed by atoms with Gasteiger partial charge in [-0.1, -0.05) is 0 Å². The van der Waals surface area contributed by atoms with E-state index < -0.39 is 23.3 Å². The molecule has 2 aliphatic rings. The van der Waals surface area contributed by atoms with E-state index in [4.69, 9.17) is 10.00 Å². The Morgan fingerprint density at radius 1 is 1.29 bits per heavy atom. The van der Waals surface area contributed by atoms with Crippen LogP contribution in [0.1, 0.15) is 24.0 Å². The third kappa shape index (κ3) is 4.23. The number of anilines is 1. The van der Waals surface area contributed by atoms with Crippen LogP contribution < -0.4 is 4.90 Å². The van der Waals surface area contributed by atoms with Gasteiger partial charge in [-0.05, 0) is 31.0 Å². The van der Waals surface area contributed by atoms with E-state index in [1.807, 2.05) is 0 Å². The number of nitriles is 1. The summed E-state index contributed by atoms with van der Waals surface area (Å²) in [6.45, 7) is 1.72. The van der Waals surface area contributed by atoms with Gasteiger partial charge in [0.05, 0.1) is 29.8 Å². The van der Waals surface area contributed by atoms with Crippen molar-refractivity contribution in [1.29, 1.82) is 5.26 Å². The first-order chi connectivity index (χ1) is 13.3. The van der Waals surface area contributed by atoms with Crippen LogP contribution in [-0.4, -0.2) is 61.4 Å². The lowest BCUT2D eigenvalue weighted by Crippen LogP contribution is -2.57.